The lowest BCUT2D eigenvalue weighted by molar-refractivity contribution is 1.30. The number of rotatable bonds is 1. The monoisotopic (exact) mass is 260 g/mol. The summed E-state index contributed by atoms with van der Waals surface area (Å²) in [6.45, 7) is 2.05. The van der Waals surface area contributed by atoms with Crippen LogP contribution in [0.15, 0.2) is 48.8 Å². The maximum absolute atomic E-state index is 4.60. The fraction of sp³-hybridized carbons (Fsp3) is 0.0625. The van der Waals surface area contributed by atoms with E-state index in [0.29, 0.717) is 0 Å². The number of imidazole rings is 1. The van der Waals surface area contributed by atoms with Crippen molar-refractivity contribution in [3.63, 3.8) is 0 Å². The lowest BCUT2D eigenvalue weighted by Crippen LogP contribution is -1.85. The third kappa shape index (κ3) is 1.58. The van der Waals surface area contributed by atoms with E-state index in [0.717, 1.165) is 39.0 Å². The van der Waals surface area contributed by atoms with Gasteiger partial charge in [0, 0.05) is 23.3 Å². The summed E-state index contributed by atoms with van der Waals surface area (Å²) < 4.78 is 0. The molecule has 0 aliphatic heterocycles. The van der Waals surface area contributed by atoms with E-state index in [1.165, 1.54) is 0 Å². The van der Waals surface area contributed by atoms with Gasteiger partial charge in [-0.1, -0.05) is 18.2 Å². The van der Waals surface area contributed by atoms with Crippen LogP contribution in [0.1, 0.15) is 5.56 Å². The third-order valence-corrected chi connectivity index (χ3v) is 3.50. The summed E-state index contributed by atoms with van der Waals surface area (Å²) in [5.74, 6) is 0.834. The van der Waals surface area contributed by atoms with Gasteiger partial charge in [-0.3, -0.25) is 4.98 Å². The first-order valence-corrected chi connectivity index (χ1v) is 6.48. The Morgan fingerprint density at radius 2 is 1.80 bits per heavy atom. The quantitative estimate of drug-likeness (QED) is 0.570. The van der Waals surface area contributed by atoms with Crippen LogP contribution in [0.3, 0.4) is 0 Å². The van der Waals surface area contributed by atoms with Crippen LogP contribution in [0.5, 0.6) is 0 Å². The summed E-state index contributed by atoms with van der Waals surface area (Å²) in [5.41, 5.74) is 4.90. The second-order valence-electron chi connectivity index (χ2n) is 4.79. The van der Waals surface area contributed by atoms with Crippen molar-refractivity contribution < 1.29 is 0 Å². The van der Waals surface area contributed by atoms with Crippen LogP contribution < -0.4 is 0 Å². The number of nitrogens with one attached hydrogen (secondary N) is 1. The van der Waals surface area contributed by atoms with Crippen molar-refractivity contribution in [1.82, 2.24) is 19.9 Å². The second kappa shape index (κ2) is 4.13. The van der Waals surface area contributed by atoms with Crippen LogP contribution in [0, 0.1) is 6.92 Å². The van der Waals surface area contributed by atoms with Gasteiger partial charge >= 0.3 is 0 Å². The zero-order chi connectivity index (χ0) is 13.5. The largest absolute Gasteiger partial charge is 0.336 e. The molecule has 0 atom stereocenters. The molecule has 0 aliphatic rings. The Morgan fingerprint density at radius 1 is 0.950 bits per heavy atom. The number of para-hydroxylation sites is 1. The summed E-state index contributed by atoms with van der Waals surface area (Å²) in [4.78, 5) is 16.7. The van der Waals surface area contributed by atoms with E-state index in [-0.39, 0.29) is 0 Å². The molecule has 3 heterocycles. The fourth-order valence-corrected chi connectivity index (χ4v) is 2.47. The van der Waals surface area contributed by atoms with E-state index >= 15 is 0 Å². The highest BCUT2D eigenvalue weighted by atomic mass is 15.0. The highest BCUT2D eigenvalue weighted by molar-refractivity contribution is 5.94. The van der Waals surface area contributed by atoms with Crippen molar-refractivity contribution in [2.75, 3.05) is 0 Å². The Balaban J connectivity index is 2.04. The van der Waals surface area contributed by atoms with Crippen molar-refractivity contribution in [3.05, 3.63) is 54.4 Å². The molecule has 0 unspecified atom stereocenters. The summed E-state index contributed by atoms with van der Waals surface area (Å²) in [6, 6.07) is 12.0. The molecule has 4 rings (SSSR count). The topological polar surface area (TPSA) is 54.5 Å². The van der Waals surface area contributed by atoms with Gasteiger partial charge in [-0.2, -0.15) is 0 Å². The van der Waals surface area contributed by atoms with Gasteiger partial charge in [-0.05, 0) is 30.7 Å². The van der Waals surface area contributed by atoms with Crippen molar-refractivity contribution in [2.24, 2.45) is 0 Å². The van der Waals surface area contributed by atoms with Gasteiger partial charge in [0.25, 0.3) is 0 Å². The minimum absolute atomic E-state index is 0.751. The molecule has 20 heavy (non-hydrogen) atoms. The number of H-pyrrole nitrogens is 1. The molecule has 96 valence electrons. The number of hydrogen-bond donors (Lipinski definition) is 1. The minimum Gasteiger partial charge on any atom is -0.336 e. The Bertz CT molecular complexity index is 919. The maximum atomic E-state index is 4.60. The molecule has 0 amide bonds. The Hall–Kier alpha value is -2.75. The lowest BCUT2D eigenvalue weighted by Gasteiger charge is -2.02. The molecule has 3 aromatic heterocycles. The molecule has 0 saturated carbocycles. The average Bonchev–Trinajstić information content (AvgIpc) is 2.92. The van der Waals surface area contributed by atoms with Gasteiger partial charge in [0.2, 0.25) is 0 Å². The van der Waals surface area contributed by atoms with Gasteiger partial charge in [0.15, 0.2) is 5.65 Å². The molecule has 4 aromatic rings. The molecule has 4 nitrogen and oxygen atoms in total. The first-order valence-electron chi connectivity index (χ1n) is 6.48. The number of benzene rings is 1. The van der Waals surface area contributed by atoms with Crippen LogP contribution >= 0.6 is 0 Å². The minimum atomic E-state index is 0.751. The van der Waals surface area contributed by atoms with Gasteiger partial charge in [-0.15, -0.1) is 0 Å². The smallest absolute Gasteiger partial charge is 0.178 e. The lowest BCUT2D eigenvalue weighted by atomic mass is 10.1. The van der Waals surface area contributed by atoms with Crippen molar-refractivity contribution in [1.29, 1.82) is 0 Å². The number of aryl methyl sites for hydroxylation is 1. The molecule has 0 radical (unpaired) electrons. The molecule has 1 aromatic carbocycles. The number of fused-ring (bicyclic) bond motifs is 2. The van der Waals surface area contributed by atoms with Gasteiger partial charge < -0.3 is 4.98 Å². The molecule has 0 saturated heterocycles. The van der Waals surface area contributed by atoms with E-state index in [2.05, 4.69) is 32.9 Å². The van der Waals surface area contributed by atoms with E-state index in [9.17, 15) is 0 Å². The third-order valence-electron chi connectivity index (χ3n) is 3.50. The summed E-state index contributed by atoms with van der Waals surface area (Å²) in [6.07, 6.45) is 3.60. The first-order chi connectivity index (χ1) is 9.83. The highest BCUT2D eigenvalue weighted by Gasteiger charge is 2.10. The fourth-order valence-electron chi connectivity index (χ4n) is 2.47. The van der Waals surface area contributed by atoms with Crippen LogP contribution in [-0.2, 0) is 0 Å². The Labute approximate surface area is 115 Å². The van der Waals surface area contributed by atoms with Gasteiger partial charge in [0.05, 0.1) is 11.0 Å². The molecule has 1 N–H and O–H groups in total. The summed E-state index contributed by atoms with van der Waals surface area (Å²) >= 11 is 0. The standard InChI is InChI=1S/C16H12N4/c1-10-6-8-18-16-14(10)19-15(20-16)12-7-9-17-13-5-3-2-4-11(12)13/h2-9H,1H3,(H,18,19,20). The normalized spacial score (nSPS) is 11.2. The van der Waals surface area contributed by atoms with Crippen LogP contribution in [0.2, 0.25) is 0 Å². The number of hydrogen-bond acceptors (Lipinski definition) is 3. The number of aromatic amines is 1. The molecule has 0 fully saturated rings. The van der Waals surface area contributed by atoms with Crippen molar-refractivity contribution in [3.8, 4) is 11.4 Å². The molecular formula is C16H12N4. The molecule has 0 spiro atoms. The molecule has 4 heteroatoms. The van der Waals surface area contributed by atoms with Crippen LogP contribution in [-0.4, -0.2) is 19.9 Å². The zero-order valence-electron chi connectivity index (χ0n) is 11.0. The van der Waals surface area contributed by atoms with Gasteiger partial charge in [-0.25, -0.2) is 9.97 Å². The van der Waals surface area contributed by atoms with E-state index in [1.54, 1.807) is 6.20 Å². The van der Waals surface area contributed by atoms with Crippen LogP contribution in [0.4, 0.5) is 0 Å². The predicted octanol–water partition coefficient (Wildman–Crippen LogP) is 3.48. The number of pyridine rings is 2. The Kier molecular flexibility index (Phi) is 2.29. The number of nitrogens with zero attached hydrogens (tertiary/aromatic N) is 3. The van der Waals surface area contributed by atoms with E-state index in [4.69, 9.17) is 0 Å². The van der Waals surface area contributed by atoms with Crippen LogP contribution in [0.25, 0.3) is 33.5 Å². The molecular weight excluding hydrogens is 248 g/mol. The second-order valence-corrected chi connectivity index (χ2v) is 4.79. The van der Waals surface area contributed by atoms with E-state index < -0.39 is 0 Å². The highest BCUT2D eigenvalue weighted by Crippen LogP contribution is 2.27. The maximum Gasteiger partial charge on any atom is 0.178 e. The molecule has 0 aliphatic carbocycles. The van der Waals surface area contributed by atoms with Crippen molar-refractivity contribution >= 4 is 22.1 Å². The van der Waals surface area contributed by atoms with Crippen molar-refractivity contribution in [2.45, 2.75) is 6.92 Å². The molecule has 0 bridgehead atoms. The number of aromatic nitrogens is 4. The first kappa shape index (κ1) is 11.1. The van der Waals surface area contributed by atoms with E-state index in [1.807, 2.05) is 36.5 Å². The summed E-state index contributed by atoms with van der Waals surface area (Å²) in [7, 11) is 0. The predicted molar refractivity (Wildman–Crippen MR) is 79.4 cm³/mol. The zero-order valence-corrected chi connectivity index (χ0v) is 11.0. The Morgan fingerprint density at radius 3 is 2.70 bits per heavy atom. The SMILES string of the molecule is Cc1ccnc2nc(-c3ccnc4ccccc34)[nH]c12. The summed E-state index contributed by atoms with van der Waals surface area (Å²) in [5, 5.41) is 1.09. The average molecular weight is 260 g/mol. The van der Waals surface area contributed by atoms with Gasteiger partial charge in [0.1, 0.15) is 5.82 Å².